The van der Waals surface area contributed by atoms with E-state index in [1.54, 1.807) is 16.8 Å². The number of halogens is 1. The lowest BCUT2D eigenvalue weighted by Crippen LogP contribution is -2.49. The summed E-state index contributed by atoms with van der Waals surface area (Å²) in [6.45, 7) is 4.58. The van der Waals surface area contributed by atoms with Crippen LogP contribution in [0, 0.1) is 12.7 Å². The number of rotatable bonds is 7. The highest BCUT2D eigenvalue weighted by Crippen LogP contribution is 2.30. The van der Waals surface area contributed by atoms with Gasteiger partial charge in [-0.05, 0) is 48.7 Å². The number of carbonyl (C=O) groups excluding carboxylic acids is 1. The normalized spacial score (nSPS) is 13.7. The van der Waals surface area contributed by atoms with Gasteiger partial charge in [0, 0.05) is 39.0 Å². The van der Waals surface area contributed by atoms with Crippen LogP contribution in [0.1, 0.15) is 29.1 Å². The molecular formula is C32H31FN6O. The number of hydrogen-bond acceptors (Lipinski definition) is 5. The lowest BCUT2D eigenvalue weighted by atomic mass is 10.1. The molecule has 40 heavy (non-hydrogen) atoms. The Balaban J connectivity index is 1.28. The minimum atomic E-state index is -0.298. The molecule has 202 valence electrons. The summed E-state index contributed by atoms with van der Waals surface area (Å²) in [6.07, 6.45) is 1.83. The lowest BCUT2D eigenvalue weighted by Gasteiger charge is -2.36. The molecule has 0 bridgehead atoms. The maximum absolute atomic E-state index is 13.7. The molecule has 0 aliphatic carbocycles. The third kappa shape index (κ3) is 5.43. The number of aromatic nitrogens is 4. The predicted molar refractivity (Wildman–Crippen MR) is 154 cm³/mol. The summed E-state index contributed by atoms with van der Waals surface area (Å²) in [5.41, 5.74) is 4.54. The van der Waals surface area contributed by atoms with Crippen LogP contribution in [0.25, 0.3) is 16.7 Å². The highest BCUT2D eigenvalue weighted by molar-refractivity contribution is 5.91. The molecule has 8 heteroatoms. The summed E-state index contributed by atoms with van der Waals surface area (Å²) in [5, 5.41) is 5.67. The van der Waals surface area contributed by atoms with Gasteiger partial charge in [0.15, 0.2) is 5.65 Å². The van der Waals surface area contributed by atoms with Crippen LogP contribution in [0.15, 0.2) is 84.9 Å². The summed E-state index contributed by atoms with van der Waals surface area (Å²) in [4.78, 5) is 27.2. The molecule has 3 heterocycles. The number of nitrogens with zero attached hydrogens (tertiary/aromatic N) is 6. The van der Waals surface area contributed by atoms with E-state index in [0.29, 0.717) is 50.5 Å². The summed E-state index contributed by atoms with van der Waals surface area (Å²) < 4.78 is 15.4. The van der Waals surface area contributed by atoms with E-state index in [2.05, 4.69) is 29.2 Å². The van der Waals surface area contributed by atoms with Crippen molar-refractivity contribution in [2.75, 3.05) is 31.1 Å². The number of benzene rings is 3. The SMILES string of the molecule is Cc1nn(-c2ccc(F)cc2)c2nc(Cc3ccccc3)nc(N3CCN(C(=O)CCc4ccccc4)CC3)c12. The maximum Gasteiger partial charge on any atom is 0.223 e. The quantitative estimate of drug-likeness (QED) is 0.290. The molecule has 1 aliphatic heterocycles. The van der Waals surface area contributed by atoms with Crippen molar-refractivity contribution in [1.82, 2.24) is 24.6 Å². The predicted octanol–water partition coefficient (Wildman–Crippen LogP) is 5.14. The standard InChI is InChI=1S/C32H31FN6O/c1-23-30-31(38-20-18-37(19-21-38)29(40)17-12-24-8-4-2-5-9-24)34-28(22-25-10-6-3-7-11-25)35-32(30)39(36-23)27-15-13-26(33)14-16-27/h2-11,13-16H,12,17-22H2,1H3. The van der Waals surface area contributed by atoms with E-state index in [4.69, 9.17) is 15.1 Å². The van der Waals surface area contributed by atoms with Crippen molar-refractivity contribution in [3.8, 4) is 5.69 Å². The molecule has 0 atom stereocenters. The third-order valence-corrected chi connectivity index (χ3v) is 7.41. The lowest BCUT2D eigenvalue weighted by molar-refractivity contribution is -0.131. The smallest absolute Gasteiger partial charge is 0.223 e. The Morgan fingerprint density at radius 1 is 0.825 bits per heavy atom. The summed E-state index contributed by atoms with van der Waals surface area (Å²) in [6, 6.07) is 26.5. The molecule has 1 fully saturated rings. The van der Waals surface area contributed by atoms with Crippen molar-refractivity contribution in [3.63, 3.8) is 0 Å². The van der Waals surface area contributed by atoms with E-state index in [-0.39, 0.29) is 11.7 Å². The number of hydrogen-bond donors (Lipinski definition) is 0. The van der Waals surface area contributed by atoms with Gasteiger partial charge in [0.25, 0.3) is 0 Å². The molecule has 0 unspecified atom stereocenters. The number of aryl methyl sites for hydroxylation is 2. The van der Waals surface area contributed by atoms with Crippen LogP contribution in [-0.4, -0.2) is 56.7 Å². The highest BCUT2D eigenvalue weighted by atomic mass is 19.1. The minimum Gasteiger partial charge on any atom is -0.352 e. The van der Waals surface area contributed by atoms with Gasteiger partial charge in [-0.25, -0.2) is 19.0 Å². The fourth-order valence-corrected chi connectivity index (χ4v) is 5.28. The van der Waals surface area contributed by atoms with E-state index in [1.807, 2.05) is 48.2 Å². The zero-order valence-corrected chi connectivity index (χ0v) is 22.5. The highest BCUT2D eigenvalue weighted by Gasteiger charge is 2.26. The Hall–Kier alpha value is -4.59. The Kier molecular flexibility index (Phi) is 7.23. The molecule has 1 amide bonds. The first-order chi connectivity index (χ1) is 19.5. The summed E-state index contributed by atoms with van der Waals surface area (Å²) in [5.74, 6) is 1.41. The fourth-order valence-electron chi connectivity index (χ4n) is 5.28. The second-order valence-corrected chi connectivity index (χ2v) is 10.2. The Bertz CT molecular complexity index is 1610. The molecule has 5 aromatic rings. The van der Waals surface area contributed by atoms with Crippen LogP contribution in [0.2, 0.25) is 0 Å². The van der Waals surface area contributed by atoms with Gasteiger partial charge in [0.05, 0.1) is 16.8 Å². The van der Waals surface area contributed by atoms with Crippen LogP contribution >= 0.6 is 0 Å². The molecule has 0 spiro atoms. The largest absolute Gasteiger partial charge is 0.352 e. The first kappa shape index (κ1) is 25.7. The topological polar surface area (TPSA) is 67.2 Å². The average Bonchev–Trinajstić information content (AvgIpc) is 3.33. The molecule has 6 rings (SSSR count). The van der Waals surface area contributed by atoms with Gasteiger partial charge in [-0.3, -0.25) is 4.79 Å². The van der Waals surface area contributed by atoms with E-state index in [9.17, 15) is 9.18 Å². The number of amides is 1. The number of carbonyl (C=O) groups is 1. The van der Waals surface area contributed by atoms with Gasteiger partial charge < -0.3 is 9.80 Å². The van der Waals surface area contributed by atoms with Crippen LogP contribution in [0.4, 0.5) is 10.2 Å². The second-order valence-electron chi connectivity index (χ2n) is 10.2. The number of piperazine rings is 1. The van der Waals surface area contributed by atoms with Gasteiger partial charge in [-0.15, -0.1) is 0 Å². The molecule has 1 saturated heterocycles. The first-order valence-corrected chi connectivity index (χ1v) is 13.7. The molecule has 0 saturated carbocycles. The van der Waals surface area contributed by atoms with Gasteiger partial charge >= 0.3 is 0 Å². The number of fused-ring (bicyclic) bond motifs is 1. The average molecular weight is 535 g/mol. The van der Waals surface area contributed by atoms with E-state index >= 15 is 0 Å². The van der Waals surface area contributed by atoms with Crippen molar-refractivity contribution >= 4 is 22.8 Å². The Morgan fingerprint density at radius 2 is 1.48 bits per heavy atom. The minimum absolute atomic E-state index is 0.182. The molecular weight excluding hydrogens is 503 g/mol. The van der Waals surface area contributed by atoms with Gasteiger partial charge in [-0.2, -0.15) is 5.10 Å². The number of anilines is 1. The van der Waals surface area contributed by atoms with E-state index in [0.717, 1.165) is 34.6 Å². The van der Waals surface area contributed by atoms with Crippen LogP contribution < -0.4 is 4.90 Å². The van der Waals surface area contributed by atoms with Crippen molar-refractivity contribution in [2.24, 2.45) is 0 Å². The van der Waals surface area contributed by atoms with Crippen LogP contribution in [0.5, 0.6) is 0 Å². The summed E-state index contributed by atoms with van der Waals surface area (Å²) >= 11 is 0. The van der Waals surface area contributed by atoms with Crippen molar-refractivity contribution in [1.29, 1.82) is 0 Å². The van der Waals surface area contributed by atoms with Crippen LogP contribution in [0.3, 0.4) is 0 Å². The van der Waals surface area contributed by atoms with Crippen LogP contribution in [-0.2, 0) is 17.6 Å². The monoisotopic (exact) mass is 534 g/mol. The maximum atomic E-state index is 13.7. The van der Waals surface area contributed by atoms with Crippen molar-refractivity contribution in [2.45, 2.75) is 26.2 Å². The van der Waals surface area contributed by atoms with E-state index < -0.39 is 0 Å². The molecule has 1 aliphatic rings. The summed E-state index contributed by atoms with van der Waals surface area (Å²) in [7, 11) is 0. The zero-order valence-electron chi connectivity index (χ0n) is 22.5. The van der Waals surface area contributed by atoms with Crippen molar-refractivity contribution in [3.05, 3.63) is 113 Å². The Labute approximate surface area is 232 Å². The molecule has 0 N–H and O–H groups in total. The third-order valence-electron chi connectivity index (χ3n) is 7.41. The van der Waals surface area contributed by atoms with E-state index in [1.165, 1.54) is 17.7 Å². The molecule has 2 aromatic heterocycles. The second kappa shape index (κ2) is 11.3. The van der Waals surface area contributed by atoms with Gasteiger partial charge in [-0.1, -0.05) is 60.7 Å². The van der Waals surface area contributed by atoms with Crippen molar-refractivity contribution < 1.29 is 9.18 Å². The first-order valence-electron chi connectivity index (χ1n) is 13.7. The molecule has 3 aromatic carbocycles. The Morgan fingerprint density at radius 3 is 2.15 bits per heavy atom. The van der Waals surface area contributed by atoms with Gasteiger partial charge in [0.1, 0.15) is 17.5 Å². The molecule has 7 nitrogen and oxygen atoms in total. The fraction of sp³-hybridized carbons (Fsp3) is 0.250. The molecule has 0 radical (unpaired) electrons. The zero-order chi connectivity index (χ0) is 27.5. The van der Waals surface area contributed by atoms with Gasteiger partial charge in [0.2, 0.25) is 5.91 Å².